The van der Waals surface area contributed by atoms with E-state index in [1.165, 1.54) is 12.8 Å². The fourth-order valence-electron chi connectivity index (χ4n) is 3.44. The van der Waals surface area contributed by atoms with Crippen LogP contribution in [0.1, 0.15) is 25.5 Å². The van der Waals surface area contributed by atoms with Crippen LogP contribution in [-0.4, -0.2) is 45.3 Å². The van der Waals surface area contributed by atoms with Crippen LogP contribution in [-0.2, 0) is 26.0 Å². The third kappa shape index (κ3) is 4.64. The smallest absolute Gasteiger partial charge is 1.00 e. The molecule has 0 radical (unpaired) electrons. The number of rotatable bonds is 6. The maximum Gasteiger partial charge on any atom is 1.00 e. The maximum absolute atomic E-state index is 12.8. The molecule has 1 atom stereocenters. The van der Waals surface area contributed by atoms with Gasteiger partial charge in [-0.25, -0.2) is 4.98 Å². The van der Waals surface area contributed by atoms with Crippen molar-refractivity contribution in [1.82, 2.24) is 15.0 Å². The van der Waals surface area contributed by atoms with Gasteiger partial charge in [-0.1, -0.05) is 12.1 Å². The van der Waals surface area contributed by atoms with Gasteiger partial charge in [-0.2, -0.15) is 0 Å². The molecule has 0 amide bonds. The Morgan fingerprint density at radius 2 is 2.03 bits per heavy atom. The fourth-order valence-corrected chi connectivity index (χ4v) is 4.54. The van der Waals surface area contributed by atoms with Crippen LogP contribution in [0.4, 0.5) is 0 Å². The van der Waals surface area contributed by atoms with Gasteiger partial charge in [0.05, 0.1) is 46.5 Å². The number of hydrogen-bond acceptors (Lipinski definition) is 6. The number of benzene rings is 1. The predicted octanol–water partition coefficient (Wildman–Crippen LogP) is 0.223. The van der Waals surface area contributed by atoms with Crippen molar-refractivity contribution in [2.45, 2.75) is 37.0 Å². The zero-order chi connectivity index (χ0) is 19.8. The number of fused-ring (bicyclic) bond motifs is 1. The maximum atomic E-state index is 12.8. The molecule has 3 heterocycles. The quantitative estimate of drug-likeness (QED) is 0.556. The summed E-state index contributed by atoms with van der Waals surface area (Å²) in [5.41, 5.74) is 3.54. The van der Waals surface area contributed by atoms with E-state index in [2.05, 4.69) is 15.0 Å². The zero-order valence-electron chi connectivity index (χ0n) is 18.2. The first-order valence-corrected chi connectivity index (χ1v) is 11.1. The van der Waals surface area contributed by atoms with Crippen LogP contribution in [0, 0.1) is 12.3 Å². The molecule has 1 N–H and O–H groups in total. The minimum absolute atomic E-state index is 0. The number of imidazole rings is 1. The number of nitrogens with zero attached hydrogens (tertiary/aromatic N) is 2. The summed E-state index contributed by atoms with van der Waals surface area (Å²) in [4.78, 5) is 12.0. The molecule has 1 spiro atoms. The van der Waals surface area contributed by atoms with E-state index in [4.69, 9.17) is 14.2 Å². The topological polar surface area (TPSA) is 86.3 Å². The summed E-state index contributed by atoms with van der Waals surface area (Å²) in [7, 11) is -1.33. The molecule has 7 nitrogen and oxygen atoms in total. The number of ether oxygens (including phenoxy) is 3. The van der Waals surface area contributed by atoms with Crippen molar-refractivity contribution < 1.29 is 49.4 Å². The van der Waals surface area contributed by atoms with E-state index in [0.717, 1.165) is 35.5 Å². The van der Waals surface area contributed by atoms with Crippen molar-refractivity contribution in [3.05, 3.63) is 47.8 Å². The number of hydrogen-bond donors (Lipinski definition) is 1. The summed E-state index contributed by atoms with van der Waals surface area (Å²) in [6.07, 6.45) is 3.71. The van der Waals surface area contributed by atoms with Gasteiger partial charge in [-0.15, -0.1) is 0 Å². The Labute approximate surface area is 201 Å². The monoisotopic (exact) mass is 437 g/mol. The summed E-state index contributed by atoms with van der Waals surface area (Å²) in [6.45, 7) is 3.75. The molecule has 2 fully saturated rings. The van der Waals surface area contributed by atoms with Crippen LogP contribution in [0.3, 0.4) is 0 Å². The molecule has 1 aliphatic carbocycles. The molecule has 9 heteroatoms. The average molecular weight is 437 g/mol. The largest absolute Gasteiger partial charge is 1.00 e. The van der Waals surface area contributed by atoms with Crippen LogP contribution in [0.2, 0.25) is 0 Å². The molecular formula is C21H24N3NaO4S. The number of para-hydroxylation sites is 2. The van der Waals surface area contributed by atoms with Crippen LogP contribution < -0.4 is 34.3 Å². The van der Waals surface area contributed by atoms with E-state index >= 15 is 0 Å². The van der Waals surface area contributed by atoms with E-state index in [0.29, 0.717) is 17.5 Å². The molecular weight excluding hydrogens is 413 g/mol. The van der Waals surface area contributed by atoms with Crippen molar-refractivity contribution in [3.8, 4) is 5.75 Å². The van der Waals surface area contributed by atoms with Gasteiger partial charge >= 0.3 is 29.6 Å². The third-order valence-corrected chi connectivity index (χ3v) is 6.75. The van der Waals surface area contributed by atoms with Crippen molar-refractivity contribution in [2.75, 3.05) is 19.8 Å². The Balaban J connectivity index is 0.00000136. The van der Waals surface area contributed by atoms with E-state index < -0.39 is 10.8 Å². The molecule has 1 aliphatic heterocycles. The summed E-state index contributed by atoms with van der Waals surface area (Å²) in [6, 6.07) is 9.46. The van der Waals surface area contributed by atoms with E-state index in [1.807, 2.05) is 37.3 Å². The first-order valence-electron chi connectivity index (χ1n) is 9.76. The second kappa shape index (κ2) is 9.06. The molecule has 3 aromatic rings. The Morgan fingerprint density at radius 1 is 1.27 bits per heavy atom. The number of aromatic nitrogens is 3. The van der Waals surface area contributed by atoms with Gasteiger partial charge in [-0.05, 0) is 38.0 Å². The fraction of sp³-hybridized carbons (Fsp3) is 0.429. The number of H-pyrrole nitrogens is 1. The molecule has 0 bridgehead atoms. The molecule has 1 saturated heterocycles. The second-order valence-electron chi connectivity index (χ2n) is 7.79. The van der Waals surface area contributed by atoms with Crippen LogP contribution >= 0.6 is 0 Å². The first kappa shape index (κ1) is 21.9. The Hall–Kier alpha value is -1.29. The number of nitrogens with one attached hydrogen (secondary N) is 1. The van der Waals surface area contributed by atoms with Gasteiger partial charge in [-0.3, -0.25) is 9.19 Å². The van der Waals surface area contributed by atoms with Gasteiger partial charge < -0.3 is 20.6 Å². The van der Waals surface area contributed by atoms with Crippen LogP contribution in [0.5, 0.6) is 5.75 Å². The van der Waals surface area contributed by atoms with Crippen LogP contribution in [0.15, 0.2) is 41.7 Å². The Kier molecular flexibility index (Phi) is 6.62. The molecule has 2 aliphatic rings. The van der Waals surface area contributed by atoms with Gasteiger partial charge in [0, 0.05) is 17.2 Å². The molecule has 1 saturated carbocycles. The molecule has 154 valence electrons. The zero-order valence-corrected chi connectivity index (χ0v) is 20.0. The first-order chi connectivity index (χ1) is 14.1. The standard InChI is InChI=1S/C21H23N3O4S.Na.H/c1-14-17(11-29(25)20-23-15-4-2-3-5-16(15)24-20)22-9-6-18(14)26-10-19-27-12-21(7-8-21)13-28-19;;/h2-6,9,19H,7-8,10-13H2,1H3,(H,23,24);;/q;+1;-1. The summed E-state index contributed by atoms with van der Waals surface area (Å²) in [5.74, 6) is 0.970. The summed E-state index contributed by atoms with van der Waals surface area (Å²) >= 11 is 0. The molecule has 30 heavy (non-hydrogen) atoms. The average Bonchev–Trinajstić information content (AvgIpc) is 3.34. The third-order valence-electron chi connectivity index (χ3n) is 5.59. The predicted molar refractivity (Wildman–Crippen MR) is 109 cm³/mol. The molecule has 1 aromatic carbocycles. The van der Waals surface area contributed by atoms with E-state index in [-0.39, 0.29) is 48.4 Å². The SMILES string of the molecule is Cc1c(OCC2OCC3(CC3)CO2)ccnc1CS(=O)c1nc2ccccc2[nH]1.[H-].[Na+]. The van der Waals surface area contributed by atoms with Gasteiger partial charge in [0.15, 0.2) is 11.4 Å². The minimum atomic E-state index is -1.33. The number of aromatic amines is 1. The molecule has 5 rings (SSSR count). The van der Waals surface area contributed by atoms with Crippen molar-refractivity contribution in [1.29, 1.82) is 0 Å². The van der Waals surface area contributed by atoms with Gasteiger partial charge in [0.2, 0.25) is 0 Å². The normalized spacial score (nSPS) is 18.8. The molecule has 2 aromatic heterocycles. The summed E-state index contributed by atoms with van der Waals surface area (Å²) < 4.78 is 30.3. The molecule has 1 unspecified atom stereocenters. The second-order valence-corrected chi connectivity index (χ2v) is 9.16. The van der Waals surface area contributed by atoms with Crippen LogP contribution in [0.25, 0.3) is 11.0 Å². The van der Waals surface area contributed by atoms with E-state index in [9.17, 15) is 4.21 Å². The van der Waals surface area contributed by atoms with Gasteiger partial charge in [0.25, 0.3) is 0 Å². The van der Waals surface area contributed by atoms with Crippen molar-refractivity contribution in [3.63, 3.8) is 0 Å². The Morgan fingerprint density at radius 3 is 2.77 bits per heavy atom. The van der Waals surface area contributed by atoms with E-state index in [1.54, 1.807) is 6.20 Å². The Bertz CT molecular complexity index is 1030. The summed E-state index contributed by atoms with van der Waals surface area (Å²) in [5, 5.41) is 0.455. The van der Waals surface area contributed by atoms with Gasteiger partial charge in [0.1, 0.15) is 12.4 Å². The minimum Gasteiger partial charge on any atom is -1.00 e. The number of pyridine rings is 1. The van der Waals surface area contributed by atoms with Crippen molar-refractivity contribution >= 4 is 21.8 Å². The van der Waals surface area contributed by atoms with Crippen molar-refractivity contribution in [2.24, 2.45) is 5.41 Å².